The maximum atomic E-state index is 10.8. The summed E-state index contributed by atoms with van der Waals surface area (Å²) in [6, 6.07) is 1.40. The van der Waals surface area contributed by atoms with E-state index in [-0.39, 0.29) is 17.1 Å². The van der Waals surface area contributed by atoms with Crippen molar-refractivity contribution in [2.24, 2.45) is 5.73 Å². The second-order valence-electron chi connectivity index (χ2n) is 3.05. The van der Waals surface area contributed by atoms with Crippen LogP contribution in [0.5, 0.6) is 17.2 Å². The van der Waals surface area contributed by atoms with Crippen LogP contribution >= 0.6 is 0 Å². The van der Waals surface area contributed by atoms with Crippen LogP contribution in [0.2, 0.25) is 0 Å². The summed E-state index contributed by atoms with van der Waals surface area (Å²) in [5, 5.41) is 18.4. The Labute approximate surface area is 92.2 Å². The van der Waals surface area contributed by atoms with Gasteiger partial charge in [0.2, 0.25) is 0 Å². The molecule has 1 aromatic carbocycles. The Kier molecular flexibility index (Phi) is 3.57. The van der Waals surface area contributed by atoms with Crippen LogP contribution in [0.25, 0.3) is 0 Å². The smallest absolute Gasteiger partial charge is 0.325 e. The quantitative estimate of drug-likeness (QED) is 0.692. The van der Waals surface area contributed by atoms with Crippen LogP contribution in [0.15, 0.2) is 12.1 Å². The van der Waals surface area contributed by atoms with E-state index in [0.717, 1.165) is 0 Å². The Morgan fingerprint density at radius 2 is 2.00 bits per heavy atom. The normalized spacial score (nSPS) is 11.9. The second-order valence-corrected chi connectivity index (χ2v) is 3.05. The number of phenols is 1. The average Bonchev–Trinajstić information content (AvgIpc) is 2.27. The Morgan fingerprint density at radius 1 is 1.38 bits per heavy atom. The molecule has 0 aliphatic rings. The first kappa shape index (κ1) is 12.1. The SMILES string of the molecule is COc1ccc(O)c(C(N)C(=O)O)c1OC. The van der Waals surface area contributed by atoms with E-state index in [2.05, 4.69) is 0 Å². The summed E-state index contributed by atoms with van der Waals surface area (Å²) in [6.45, 7) is 0. The van der Waals surface area contributed by atoms with Crippen molar-refractivity contribution in [3.8, 4) is 17.2 Å². The number of carboxylic acid groups (broad SMARTS) is 1. The van der Waals surface area contributed by atoms with Gasteiger partial charge in [0.15, 0.2) is 11.5 Å². The molecule has 0 aromatic heterocycles. The number of ether oxygens (including phenoxy) is 2. The third-order valence-electron chi connectivity index (χ3n) is 2.14. The number of nitrogens with two attached hydrogens (primary N) is 1. The Hall–Kier alpha value is -1.95. The van der Waals surface area contributed by atoms with E-state index < -0.39 is 12.0 Å². The number of aliphatic carboxylic acids is 1. The van der Waals surface area contributed by atoms with Crippen LogP contribution in [0.4, 0.5) is 0 Å². The van der Waals surface area contributed by atoms with E-state index in [4.69, 9.17) is 20.3 Å². The molecule has 0 saturated heterocycles. The summed E-state index contributed by atoms with van der Waals surface area (Å²) < 4.78 is 9.97. The fourth-order valence-electron chi connectivity index (χ4n) is 1.36. The zero-order chi connectivity index (χ0) is 12.3. The summed E-state index contributed by atoms with van der Waals surface area (Å²) in [5.74, 6) is -1.07. The standard InChI is InChI=1S/C10H13NO5/c1-15-6-4-3-5(12)7(9(6)16-2)8(11)10(13)14/h3-4,8,12H,11H2,1-2H3,(H,13,14). The van der Waals surface area contributed by atoms with E-state index in [1.54, 1.807) is 0 Å². The molecule has 1 aromatic rings. The van der Waals surface area contributed by atoms with Gasteiger partial charge in [-0.25, -0.2) is 0 Å². The predicted molar refractivity (Wildman–Crippen MR) is 55.8 cm³/mol. The van der Waals surface area contributed by atoms with Crippen molar-refractivity contribution in [3.63, 3.8) is 0 Å². The lowest BCUT2D eigenvalue weighted by Crippen LogP contribution is -2.21. The molecule has 0 amide bonds. The highest BCUT2D eigenvalue weighted by Gasteiger charge is 2.25. The maximum absolute atomic E-state index is 10.8. The lowest BCUT2D eigenvalue weighted by atomic mass is 10.0. The van der Waals surface area contributed by atoms with Gasteiger partial charge < -0.3 is 25.4 Å². The molecular weight excluding hydrogens is 214 g/mol. The third-order valence-corrected chi connectivity index (χ3v) is 2.14. The zero-order valence-electron chi connectivity index (χ0n) is 8.93. The molecule has 0 saturated carbocycles. The number of carbonyl (C=O) groups is 1. The van der Waals surface area contributed by atoms with Crippen LogP contribution in [0, 0.1) is 0 Å². The first-order chi connectivity index (χ1) is 7.52. The van der Waals surface area contributed by atoms with Gasteiger partial charge in [-0.05, 0) is 12.1 Å². The highest BCUT2D eigenvalue weighted by atomic mass is 16.5. The van der Waals surface area contributed by atoms with E-state index in [9.17, 15) is 9.90 Å². The summed E-state index contributed by atoms with van der Waals surface area (Å²) in [4.78, 5) is 10.8. The summed E-state index contributed by atoms with van der Waals surface area (Å²) in [6.07, 6.45) is 0. The molecule has 0 heterocycles. The minimum Gasteiger partial charge on any atom is -0.507 e. The van der Waals surface area contributed by atoms with E-state index in [0.29, 0.717) is 5.75 Å². The fourth-order valence-corrected chi connectivity index (χ4v) is 1.36. The van der Waals surface area contributed by atoms with Crippen molar-refractivity contribution >= 4 is 5.97 Å². The largest absolute Gasteiger partial charge is 0.507 e. The maximum Gasteiger partial charge on any atom is 0.325 e. The number of aromatic hydroxyl groups is 1. The molecule has 16 heavy (non-hydrogen) atoms. The number of carboxylic acids is 1. The Bertz CT molecular complexity index is 404. The van der Waals surface area contributed by atoms with E-state index in [1.165, 1.54) is 26.4 Å². The fraction of sp³-hybridized carbons (Fsp3) is 0.300. The summed E-state index contributed by atoms with van der Waals surface area (Å²) in [5.41, 5.74) is 5.44. The van der Waals surface area contributed by atoms with Crippen molar-refractivity contribution in [2.75, 3.05) is 14.2 Å². The van der Waals surface area contributed by atoms with Gasteiger partial charge in [0.1, 0.15) is 11.8 Å². The predicted octanol–water partition coefficient (Wildman–Crippen LogP) is 0.494. The van der Waals surface area contributed by atoms with Gasteiger partial charge in [-0.15, -0.1) is 0 Å². The van der Waals surface area contributed by atoms with Crippen molar-refractivity contribution < 1.29 is 24.5 Å². The number of phenolic OH excluding ortho intramolecular Hbond substituents is 1. The molecule has 1 rings (SSSR count). The Balaban J connectivity index is 3.39. The molecule has 6 nitrogen and oxygen atoms in total. The lowest BCUT2D eigenvalue weighted by Gasteiger charge is -2.16. The minimum atomic E-state index is -1.37. The zero-order valence-corrected chi connectivity index (χ0v) is 8.93. The molecule has 0 spiro atoms. The van der Waals surface area contributed by atoms with Gasteiger partial charge >= 0.3 is 5.97 Å². The molecule has 6 heteroatoms. The number of hydrogen-bond acceptors (Lipinski definition) is 5. The second kappa shape index (κ2) is 4.71. The van der Waals surface area contributed by atoms with Gasteiger partial charge in [0.25, 0.3) is 0 Å². The van der Waals surface area contributed by atoms with Crippen molar-refractivity contribution in [1.82, 2.24) is 0 Å². The molecule has 1 atom stereocenters. The number of hydrogen-bond donors (Lipinski definition) is 3. The number of rotatable bonds is 4. The topological polar surface area (TPSA) is 102 Å². The molecular formula is C10H13NO5. The minimum absolute atomic E-state index is 0.00523. The number of benzene rings is 1. The molecule has 0 aliphatic heterocycles. The molecule has 0 fully saturated rings. The highest BCUT2D eigenvalue weighted by molar-refractivity contribution is 5.78. The molecule has 1 unspecified atom stereocenters. The van der Waals surface area contributed by atoms with Crippen LogP contribution in [0.1, 0.15) is 11.6 Å². The molecule has 88 valence electrons. The van der Waals surface area contributed by atoms with Crippen molar-refractivity contribution in [2.45, 2.75) is 6.04 Å². The van der Waals surface area contributed by atoms with Crippen LogP contribution in [-0.2, 0) is 4.79 Å². The van der Waals surface area contributed by atoms with E-state index >= 15 is 0 Å². The first-order valence-electron chi connectivity index (χ1n) is 4.45. The molecule has 0 aliphatic carbocycles. The van der Waals surface area contributed by atoms with Crippen LogP contribution in [0.3, 0.4) is 0 Å². The average molecular weight is 227 g/mol. The van der Waals surface area contributed by atoms with Crippen LogP contribution < -0.4 is 15.2 Å². The van der Waals surface area contributed by atoms with Gasteiger partial charge in [-0.2, -0.15) is 0 Å². The highest BCUT2D eigenvalue weighted by Crippen LogP contribution is 2.39. The van der Waals surface area contributed by atoms with Crippen molar-refractivity contribution in [3.05, 3.63) is 17.7 Å². The van der Waals surface area contributed by atoms with E-state index in [1.807, 2.05) is 0 Å². The number of methoxy groups -OCH3 is 2. The summed E-state index contributed by atoms with van der Waals surface area (Å²) >= 11 is 0. The lowest BCUT2D eigenvalue weighted by molar-refractivity contribution is -0.138. The molecule has 4 N–H and O–H groups in total. The molecule has 0 bridgehead atoms. The van der Waals surface area contributed by atoms with Gasteiger partial charge in [-0.3, -0.25) is 4.79 Å². The van der Waals surface area contributed by atoms with Crippen LogP contribution in [-0.4, -0.2) is 30.4 Å². The van der Waals surface area contributed by atoms with Gasteiger partial charge in [0, 0.05) is 0 Å². The van der Waals surface area contributed by atoms with Gasteiger partial charge in [-0.1, -0.05) is 0 Å². The van der Waals surface area contributed by atoms with Crippen molar-refractivity contribution in [1.29, 1.82) is 0 Å². The van der Waals surface area contributed by atoms with Gasteiger partial charge in [0.05, 0.1) is 19.8 Å². The Morgan fingerprint density at radius 3 is 2.44 bits per heavy atom. The monoisotopic (exact) mass is 227 g/mol. The first-order valence-corrected chi connectivity index (χ1v) is 4.45. The third kappa shape index (κ3) is 2.01. The molecule has 0 radical (unpaired) electrons. The summed E-state index contributed by atoms with van der Waals surface area (Å²) in [7, 11) is 2.75.